The van der Waals surface area contributed by atoms with Crippen molar-refractivity contribution in [3.63, 3.8) is 0 Å². The van der Waals surface area contributed by atoms with Crippen LogP contribution in [0.4, 0.5) is 4.39 Å². The van der Waals surface area contributed by atoms with Crippen molar-refractivity contribution in [3.05, 3.63) is 34.6 Å². The zero-order chi connectivity index (χ0) is 15.2. The van der Waals surface area contributed by atoms with Crippen LogP contribution in [0, 0.1) is 5.82 Å². The molecule has 4 nitrogen and oxygen atoms in total. The number of thiocarbonyl (C=S) groups is 1. The molecule has 1 fully saturated rings. The van der Waals surface area contributed by atoms with Gasteiger partial charge in [0.25, 0.3) is 0 Å². The van der Waals surface area contributed by atoms with Gasteiger partial charge in [-0.2, -0.15) is 0 Å². The summed E-state index contributed by atoms with van der Waals surface area (Å²) in [6, 6.07) is 4.96. The summed E-state index contributed by atoms with van der Waals surface area (Å²) in [5.41, 5.74) is 5.54. The molecule has 1 aromatic rings. The molecular formula is C13H15ClFN3OS2. The van der Waals surface area contributed by atoms with Crippen LogP contribution in [-0.4, -0.2) is 22.8 Å². The molecule has 1 amide bonds. The van der Waals surface area contributed by atoms with E-state index in [2.05, 4.69) is 16.2 Å². The van der Waals surface area contributed by atoms with Gasteiger partial charge in [0.1, 0.15) is 5.82 Å². The summed E-state index contributed by atoms with van der Waals surface area (Å²) in [6.45, 7) is 0. The molecule has 0 aromatic heterocycles. The van der Waals surface area contributed by atoms with Gasteiger partial charge in [-0.05, 0) is 37.2 Å². The van der Waals surface area contributed by atoms with Crippen molar-refractivity contribution in [3.8, 4) is 0 Å². The Bertz CT molecular complexity index is 520. The fraction of sp³-hybridized carbons (Fsp3) is 0.385. The summed E-state index contributed by atoms with van der Waals surface area (Å²) in [4.78, 5) is 11.6. The first kappa shape index (κ1) is 16.3. The highest BCUT2D eigenvalue weighted by atomic mass is 35.5. The molecule has 21 heavy (non-hydrogen) atoms. The highest BCUT2D eigenvalue weighted by Gasteiger charge is 2.21. The SMILES string of the molecule is O=C(CSCc1c(F)cccc1Cl)NNC(=S)NC1CC1. The van der Waals surface area contributed by atoms with E-state index in [0.717, 1.165) is 12.8 Å². The minimum absolute atomic E-state index is 0.184. The monoisotopic (exact) mass is 347 g/mol. The quantitative estimate of drug-likeness (QED) is 0.564. The largest absolute Gasteiger partial charge is 0.359 e. The number of hydrogen-bond donors (Lipinski definition) is 3. The van der Waals surface area contributed by atoms with Crippen molar-refractivity contribution in [2.75, 3.05) is 5.75 Å². The molecular weight excluding hydrogens is 333 g/mol. The molecule has 0 aliphatic heterocycles. The lowest BCUT2D eigenvalue weighted by Crippen LogP contribution is -2.47. The van der Waals surface area contributed by atoms with E-state index in [9.17, 15) is 9.18 Å². The van der Waals surface area contributed by atoms with Gasteiger partial charge in [-0.3, -0.25) is 15.6 Å². The molecule has 1 saturated carbocycles. The van der Waals surface area contributed by atoms with Gasteiger partial charge in [0, 0.05) is 22.4 Å². The first-order chi connectivity index (χ1) is 10.1. The second-order valence-electron chi connectivity index (χ2n) is 4.61. The fourth-order valence-electron chi connectivity index (χ4n) is 1.53. The number of thioether (sulfide) groups is 1. The number of carbonyl (C=O) groups is 1. The number of benzene rings is 1. The van der Waals surface area contributed by atoms with Gasteiger partial charge in [0.15, 0.2) is 5.11 Å². The molecule has 8 heteroatoms. The van der Waals surface area contributed by atoms with Crippen molar-refractivity contribution < 1.29 is 9.18 Å². The molecule has 0 saturated heterocycles. The van der Waals surface area contributed by atoms with Crippen molar-refractivity contribution in [2.24, 2.45) is 0 Å². The predicted molar refractivity (Wildman–Crippen MR) is 87.6 cm³/mol. The van der Waals surface area contributed by atoms with Crippen LogP contribution in [0.25, 0.3) is 0 Å². The third-order valence-electron chi connectivity index (χ3n) is 2.77. The smallest absolute Gasteiger partial charge is 0.248 e. The standard InChI is InChI=1S/C13H15ClFN3OS2/c14-10-2-1-3-11(15)9(10)6-21-7-12(19)17-18-13(20)16-8-4-5-8/h1-3,8H,4-7H2,(H,17,19)(H2,16,18,20). The van der Waals surface area contributed by atoms with E-state index in [4.69, 9.17) is 23.8 Å². The zero-order valence-corrected chi connectivity index (χ0v) is 13.5. The van der Waals surface area contributed by atoms with Crippen molar-refractivity contribution >= 4 is 46.6 Å². The summed E-state index contributed by atoms with van der Waals surface area (Å²) >= 11 is 12.2. The second kappa shape index (κ2) is 7.82. The number of hydrazine groups is 1. The lowest BCUT2D eigenvalue weighted by molar-refractivity contribution is -0.119. The van der Waals surface area contributed by atoms with E-state index in [1.165, 1.54) is 17.8 Å². The maximum atomic E-state index is 13.5. The lowest BCUT2D eigenvalue weighted by Gasteiger charge is -2.11. The van der Waals surface area contributed by atoms with E-state index in [0.29, 0.717) is 27.5 Å². The maximum absolute atomic E-state index is 13.5. The molecule has 0 atom stereocenters. The average molecular weight is 348 g/mol. The van der Waals surface area contributed by atoms with Gasteiger partial charge in [-0.25, -0.2) is 4.39 Å². The molecule has 1 aliphatic rings. The maximum Gasteiger partial charge on any atom is 0.248 e. The molecule has 0 spiro atoms. The van der Waals surface area contributed by atoms with E-state index in [1.54, 1.807) is 12.1 Å². The topological polar surface area (TPSA) is 53.2 Å². The van der Waals surface area contributed by atoms with Crippen LogP contribution >= 0.6 is 35.6 Å². The number of hydrogen-bond acceptors (Lipinski definition) is 3. The van der Waals surface area contributed by atoms with Crippen LogP contribution in [0.5, 0.6) is 0 Å². The van der Waals surface area contributed by atoms with Crippen molar-refractivity contribution in [1.29, 1.82) is 0 Å². The first-order valence-corrected chi connectivity index (χ1v) is 8.36. The fourth-order valence-corrected chi connectivity index (χ4v) is 2.91. The Morgan fingerprint density at radius 1 is 1.43 bits per heavy atom. The Kier molecular flexibility index (Phi) is 6.08. The van der Waals surface area contributed by atoms with Crippen LogP contribution in [-0.2, 0) is 10.5 Å². The average Bonchev–Trinajstić information content (AvgIpc) is 3.24. The molecule has 0 heterocycles. The Labute approximate surface area is 137 Å². The van der Waals surface area contributed by atoms with Crippen LogP contribution in [0.3, 0.4) is 0 Å². The Morgan fingerprint density at radius 3 is 2.86 bits per heavy atom. The van der Waals surface area contributed by atoms with E-state index in [1.807, 2.05) is 0 Å². The molecule has 2 rings (SSSR count). The lowest BCUT2D eigenvalue weighted by atomic mass is 10.2. The molecule has 0 unspecified atom stereocenters. The molecule has 3 N–H and O–H groups in total. The van der Waals surface area contributed by atoms with Crippen LogP contribution in [0.1, 0.15) is 18.4 Å². The summed E-state index contributed by atoms with van der Waals surface area (Å²) in [5.74, 6) is -0.0660. The first-order valence-electron chi connectivity index (χ1n) is 6.42. The van der Waals surface area contributed by atoms with E-state index < -0.39 is 0 Å². The second-order valence-corrected chi connectivity index (χ2v) is 6.41. The van der Waals surface area contributed by atoms with Gasteiger partial charge < -0.3 is 5.32 Å². The summed E-state index contributed by atoms with van der Waals surface area (Å²) in [5, 5.41) is 3.82. The van der Waals surface area contributed by atoms with Crippen LogP contribution in [0.15, 0.2) is 18.2 Å². The third kappa shape index (κ3) is 5.68. The number of carbonyl (C=O) groups excluding carboxylic acids is 1. The Morgan fingerprint density at radius 2 is 2.19 bits per heavy atom. The Hall–Kier alpha value is -1.05. The number of rotatable bonds is 5. The minimum atomic E-state index is -0.358. The zero-order valence-electron chi connectivity index (χ0n) is 11.1. The van der Waals surface area contributed by atoms with Gasteiger partial charge in [0.05, 0.1) is 5.75 Å². The number of amides is 1. The van der Waals surface area contributed by atoms with E-state index >= 15 is 0 Å². The van der Waals surface area contributed by atoms with Gasteiger partial charge in [-0.1, -0.05) is 17.7 Å². The summed E-state index contributed by atoms with van der Waals surface area (Å²) in [7, 11) is 0. The molecule has 1 aromatic carbocycles. The molecule has 0 radical (unpaired) electrons. The highest BCUT2D eigenvalue weighted by Crippen LogP contribution is 2.23. The summed E-state index contributed by atoms with van der Waals surface area (Å²) in [6.07, 6.45) is 2.21. The normalized spacial score (nSPS) is 13.6. The molecule has 114 valence electrons. The van der Waals surface area contributed by atoms with E-state index in [-0.39, 0.29) is 17.5 Å². The third-order valence-corrected chi connectivity index (χ3v) is 4.30. The van der Waals surface area contributed by atoms with Crippen molar-refractivity contribution in [2.45, 2.75) is 24.6 Å². The highest BCUT2D eigenvalue weighted by molar-refractivity contribution is 7.99. The summed E-state index contributed by atoms with van der Waals surface area (Å²) < 4.78 is 13.5. The minimum Gasteiger partial charge on any atom is -0.359 e. The van der Waals surface area contributed by atoms with Crippen LogP contribution < -0.4 is 16.2 Å². The van der Waals surface area contributed by atoms with Gasteiger partial charge in [0.2, 0.25) is 5.91 Å². The number of halogens is 2. The number of nitrogens with one attached hydrogen (secondary N) is 3. The van der Waals surface area contributed by atoms with Crippen molar-refractivity contribution in [1.82, 2.24) is 16.2 Å². The molecule has 1 aliphatic carbocycles. The Balaban J connectivity index is 1.65. The molecule has 0 bridgehead atoms. The van der Waals surface area contributed by atoms with Gasteiger partial charge in [-0.15, -0.1) is 11.8 Å². The van der Waals surface area contributed by atoms with Gasteiger partial charge >= 0.3 is 0 Å². The van der Waals surface area contributed by atoms with Crippen LogP contribution in [0.2, 0.25) is 5.02 Å². The predicted octanol–water partition coefficient (Wildman–Crippen LogP) is 2.37.